The fourth-order valence-corrected chi connectivity index (χ4v) is 1.86. The summed E-state index contributed by atoms with van der Waals surface area (Å²) in [7, 11) is 0. The van der Waals surface area contributed by atoms with Crippen molar-refractivity contribution in [3.63, 3.8) is 0 Å². The van der Waals surface area contributed by atoms with Gasteiger partial charge in [0.25, 0.3) is 0 Å². The van der Waals surface area contributed by atoms with Gasteiger partial charge in [0.2, 0.25) is 0 Å². The van der Waals surface area contributed by atoms with Gasteiger partial charge in [-0.3, -0.25) is 0 Å². The minimum Gasteiger partial charge on any atom is -0.379 e. The van der Waals surface area contributed by atoms with Gasteiger partial charge in [-0.25, -0.2) is 9.97 Å². The summed E-state index contributed by atoms with van der Waals surface area (Å²) in [5, 5.41) is 3.88. The van der Waals surface area contributed by atoms with Gasteiger partial charge in [0.1, 0.15) is 16.8 Å². The van der Waals surface area contributed by atoms with Crippen molar-refractivity contribution >= 4 is 17.4 Å². The molecule has 0 atom stereocenters. The van der Waals surface area contributed by atoms with Crippen LogP contribution in [0.4, 0.5) is 5.82 Å². The molecule has 1 aromatic rings. The molecule has 114 valence electrons. The summed E-state index contributed by atoms with van der Waals surface area (Å²) < 4.78 is 5.51. The topological polar surface area (TPSA) is 47.0 Å². The van der Waals surface area contributed by atoms with E-state index in [-0.39, 0.29) is 5.92 Å². The van der Waals surface area contributed by atoms with E-state index in [1.165, 1.54) is 0 Å². The summed E-state index contributed by atoms with van der Waals surface area (Å²) in [6.45, 7) is 11.8. The Hall–Kier alpha value is -0.870. The number of aromatic nitrogens is 2. The molecule has 1 aromatic heterocycles. The third-order valence-corrected chi connectivity index (χ3v) is 3.30. The maximum atomic E-state index is 6.15. The minimum atomic E-state index is 0.271. The zero-order valence-corrected chi connectivity index (χ0v) is 13.9. The summed E-state index contributed by atoms with van der Waals surface area (Å²) in [6, 6.07) is 0. The van der Waals surface area contributed by atoms with E-state index in [0.29, 0.717) is 11.3 Å². The van der Waals surface area contributed by atoms with Crippen molar-refractivity contribution in [2.45, 2.75) is 59.5 Å². The molecule has 0 radical (unpaired) electrons. The molecule has 5 heteroatoms. The van der Waals surface area contributed by atoms with Crippen molar-refractivity contribution in [1.82, 2.24) is 9.97 Å². The summed E-state index contributed by atoms with van der Waals surface area (Å²) >= 11 is 6.15. The zero-order chi connectivity index (χ0) is 15.1. The number of halogens is 1. The van der Waals surface area contributed by atoms with Crippen LogP contribution in [-0.2, 0) is 4.74 Å². The van der Waals surface area contributed by atoms with E-state index >= 15 is 0 Å². The van der Waals surface area contributed by atoms with Gasteiger partial charge >= 0.3 is 0 Å². The fourth-order valence-electron chi connectivity index (χ4n) is 1.69. The monoisotopic (exact) mass is 299 g/mol. The summed E-state index contributed by atoms with van der Waals surface area (Å²) in [4.78, 5) is 8.85. The van der Waals surface area contributed by atoms with E-state index in [4.69, 9.17) is 16.3 Å². The number of anilines is 1. The number of hydrogen-bond donors (Lipinski definition) is 1. The average Bonchev–Trinajstić information content (AvgIpc) is 2.37. The van der Waals surface area contributed by atoms with Crippen molar-refractivity contribution in [1.29, 1.82) is 0 Å². The molecule has 0 saturated carbocycles. The molecule has 0 unspecified atom stereocenters. The maximum absolute atomic E-state index is 6.15. The third-order valence-electron chi connectivity index (χ3n) is 2.93. The quantitative estimate of drug-likeness (QED) is 0.578. The van der Waals surface area contributed by atoms with Crippen LogP contribution in [0, 0.1) is 6.92 Å². The van der Waals surface area contributed by atoms with E-state index in [0.717, 1.165) is 43.2 Å². The molecule has 0 spiro atoms. The summed E-state index contributed by atoms with van der Waals surface area (Å²) in [6.07, 6.45) is 2.39. The predicted octanol–water partition coefficient (Wildman–Crippen LogP) is 4.18. The SMILES string of the molecule is Cc1c(Cl)nc(C(C)C)nc1NCCCCOC(C)C. The first-order valence-electron chi connectivity index (χ1n) is 7.31. The molecule has 4 nitrogen and oxygen atoms in total. The number of ether oxygens (including phenoxy) is 1. The lowest BCUT2D eigenvalue weighted by atomic mass is 10.2. The van der Waals surface area contributed by atoms with Crippen molar-refractivity contribution in [2.24, 2.45) is 0 Å². The zero-order valence-electron chi connectivity index (χ0n) is 13.2. The lowest BCUT2D eigenvalue weighted by Gasteiger charge is -2.13. The standard InChI is InChI=1S/C15H26ClN3O/c1-10(2)14-18-13(16)12(5)15(19-14)17-8-6-7-9-20-11(3)4/h10-11H,6-9H2,1-5H3,(H,17,18,19). The molecule has 1 heterocycles. The lowest BCUT2D eigenvalue weighted by molar-refractivity contribution is 0.0765. The molecule has 0 aromatic carbocycles. The molecule has 1 N–H and O–H groups in total. The van der Waals surface area contributed by atoms with E-state index in [1.54, 1.807) is 0 Å². The van der Waals surface area contributed by atoms with Gasteiger partial charge in [-0.05, 0) is 33.6 Å². The molecular formula is C15H26ClN3O. The largest absolute Gasteiger partial charge is 0.379 e. The molecule has 0 aliphatic carbocycles. The summed E-state index contributed by atoms with van der Waals surface area (Å²) in [5.74, 6) is 1.90. The second-order valence-electron chi connectivity index (χ2n) is 5.55. The Balaban J connectivity index is 2.47. The molecule has 20 heavy (non-hydrogen) atoms. The first-order valence-corrected chi connectivity index (χ1v) is 7.69. The third kappa shape index (κ3) is 5.63. The van der Waals surface area contributed by atoms with Crippen LogP contribution in [0.2, 0.25) is 5.15 Å². The molecule has 0 amide bonds. The molecule has 0 bridgehead atoms. The predicted molar refractivity (Wildman–Crippen MR) is 84.7 cm³/mol. The van der Waals surface area contributed by atoms with E-state index < -0.39 is 0 Å². The average molecular weight is 300 g/mol. The Morgan fingerprint density at radius 2 is 1.85 bits per heavy atom. The van der Waals surface area contributed by atoms with Gasteiger partial charge < -0.3 is 10.1 Å². The molecule has 1 rings (SSSR count). The number of nitrogens with one attached hydrogen (secondary N) is 1. The van der Waals surface area contributed by atoms with Gasteiger partial charge in [-0.15, -0.1) is 0 Å². The first kappa shape index (κ1) is 17.2. The normalized spacial score (nSPS) is 11.4. The van der Waals surface area contributed by atoms with Crippen LogP contribution in [0.25, 0.3) is 0 Å². The fraction of sp³-hybridized carbons (Fsp3) is 0.733. The minimum absolute atomic E-state index is 0.271. The van der Waals surface area contributed by atoms with Crippen molar-refractivity contribution in [3.05, 3.63) is 16.5 Å². The highest BCUT2D eigenvalue weighted by molar-refractivity contribution is 6.30. The molecule has 0 fully saturated rings. The molecular weight excluding hydrogens is 274 g/mol. The Bertz CT molecular complexity index is 422. The van der Waals surface area contributed by atoms with E-state index in [2.05, 4.69) is 43.0 Å². The number of hydrogen-bond acceptors (Lipinski definition) is 4. The highest BCUT2D eigenvalue weighted by atomic mass is 35.5. The van der Waals surface area contributed by atoms with Crippen molar-refractivity contribution in [2.75, 3.05) is 18.5 Å². The lowest BCUT2D eigenvalue weighted by Crippen LogP contribution is -2.10. The Morgan fingerprint density at radius 3 is 2.45 bits per heavy atom. The van der Waals surface area contributed by atoms with E-state index in [9.17, 15) is 0 Å². The highest BCUT2D eigenvalue weighted by Crippen LogP contribution is 2.22. The van der Waals surface area contributed by atoms with Crippen molar-refractivity contribution in [3.8, 4) is 0 Å². The first-order chi connectivity index (χ1) is 9.41. The highest BCUT2D eigenvalue weighted by Gasteiger charge is 2.11. The van der Waals surface area contributed by atoms with E-state index in [1.807, 2.05) is 6.92 Å². The number of rotatable bonds is 8. The second kappa shape index (κ2) is 8.42. The number of nitrogens with zero attached hydrogens (tertiary/aromatic N) is 2. The van der Waals surface area contributed by atoms with Crippen molar-refractivity contribution < 1.29 is 4.74 Å². The molecule has 0 aliphatic heterocycles. The van der Waals surface area contributed by atoms with Crippen LogP contribution >= 0.6 is 11.6 Å². The van der Waals surface area contributed by atoms with Gasteiger partial charge in [0, 0.05) is 24.6 Å². The maximum Gasteiger partial charge on any atom is 0.137 e. The second-order valence-corrected chi connectivity index (χ2v) is 5.91. The molecule has 0 aliphatic rings. The van der Waals surface area contributed by atoms with Crippen LogP contribution in [0.3, 0.4) is 0 Å². The van der Waals surface area contributed by atoms with Gasteiger partial charge in [-0.2, -0.15) is 0 Å². The van der Waals surface area contributed by atoms with Gasteiger partial charge in [0.05, 0.1) is 6.10 Å². The Morgan fingerprint density at radius 1 is 1.15 bits per heavy atom. The smallest absolute Gasteiger partial charge is 0.137 e. The molecule has 0 saturated heterocycles. The van der Waals surface area contributed by atoms with Crippen LogP contribution < -0.4 is 5.32 Å². The van der Waals surface area contributed by atoms with Crippen LogP contribution in [0.15, 0.2) is 0 Å². The Labute approximate surface area is 127 Å². The van der Waals surface area contributed by atoms with Crippen LogP contribution in [0.5, 0.6) is 0 Å². The van der Waals surface area contributed by atoms with Crippen LogP contribution in [-0.4, -0.2) is 29.2 Å². The van der Waals surface area contributed by atoms with Gasteiger partial charge in [0.15, 0.2) is 0 Å². The van der Waals surface area contributed by atoms with Crippen LogP contribution in [0.1, 0.15) is 57.8 Å². The summed E-state index contributed by atoms with van der Waals surface area (Å²) in [5.41, 5.74) is 0.912. The number of unbranched alkanes of at least 4 members (excludes halogenated alkanes) is 1. The Kier molecular flexibility index (Phi) is 7.24. The van der Waals surface area contributed by atoms with Gasteiger partial charge in [-0.1, -0.05) is 25.4 Å².